The van der Waals surface area contributed by atoms with Gasteiger partial charge in [0, 0.05) is 25.8 Å². The number of amides is 3. The second-order valence-corrected chi connectivity index (χ2v) is 6.37. The number of aliphatic carboxylic acids is 1. The van der Waals surface area contributed by atoms with E-state index in [-0.39, 0.29) is 42.5 Å². The van der Waals surface area contributed by atoms with Gasteiger partial charge in [0.05, 0.1) is 11.3 Å². The van der Waals surface area contributed by atoms with E-state index in [0.717, 1.165) is 6.08 Å². The molecule has 2 heterocycles. The highest BCUT2D eigenvalue weighted by Crippen LogP contribution is 2.29. The number of carboxylic acid groups (broad SMARTS) is 1. The van der Waals surface area contributed by atoms with Crippen LogP contribution in [0.2, 0.25) is 0 Å². The summed E-state index contributed by atoms with van der Waals surface area (Å²) in [6.45, 7) is 0.115. The SMILES string of the molecule is COCC(=O)N[C@@H]1C[C@@H]2C(=O)Nc3ccc(C=CC(=O)O)cc3C(=O)N2C1. The number of nitrogens with one attached hydrogen (secondary N) is 2. The molecule has 0 unspecified atom stereocenters. The van der Waals surface area contributed by atoms with Crippen LogP contribution in [0.25, 0.3) is 6.08 Å². The van der Waals surface area contributed by atoms with Crippen LogP contribution in [0.15, 0.2) is 24.3 Å². The van der Waals surface area contributed by atoms with Crippen LogP contribution in [0.1, 0.15) is 22.3 Å². The highest BCUT2D eigenvalue weighted by molar-refractivity contribution is 6.10. The van der Waals surface area contributed by atoms with E-state index in [4.69, 9.17) is 9.84 Å². The van der Waals surface area contributed by atoms with Crippen LogP contribution in [0.5, 0.6) is 0 Å². The van der Waals surface area contributed by atoms with Gasteiger partial charge < -0.3 is 25.4 Å². The molecule has 3 rings (SSSR count). The Bertz CT molecular complexity index is 834. The number of nitrogens with zero attached hydrogens (tertiary/aromatic N) is 1. The first-order valence-corrected chi connectivity index (χ1v) is 8.34. The zero-order valence-electron chi connectivity index (χ0n) is 14.6. The quantitative estimate of drug-likeness (QED) is 0.628. The molecule has 0 aromatic heterocycles. The van der Waals surface area contributed by atoms with Crippen molar-refractivity contribution in [1.82, 2.24) is 10.2 Å². The van der Waals surface area contributed by atoms with Gasteiger partial charge in [0.2, 0.25) is 11.8 Å². The molecule has 2 aliphatic heterocycles. The number of carbonyl (C=O) groups is 4. The normalized spacial score (nSPS) is 21.4. The number of benzene rings is 1. The van der Waals surface area contributed by atoms with E-state index in [9.17, 15) is 19.2 Å². The fraction of sp³-hybridized carbons (Fsp3) is 0.333. The van der Waals surface area contributed by atoms with Gasteiger partial charge in [-0.15, -0.1) is 0 Å². The number of rotatable bonds is 5. The Hall–Kier alpha value is -3.20. The highest BCUT2D eigenvalue weighted by Gasteiger charge is 2.43. The average Bonchev–Trinajstić information content (AvgIpc) is 3.00. The molecule has 142 valence electrons. The molecule has 2 aliphatic rings. The van der Waals surface area contributed by atoms with E-state index < -0.39 is 12.0 Å². The molecule has 3 N–H and O–H groups in total. The van der Waals surface area contributed by atoms with Crippen LogP contribution < -0.4 is 10.6 Å². The molecule has 2 atom stereocenters. The third-order valence-electron chi connectivity index (χ3n) is 4.46. The molecule has 9 heteroatoms. The largest absolute Gasteiger partial charge is 0.478 e. The summed E-state index contributed by atoms with van der Waals surface area (Å²) in [5.41, 5.74) is 1.19. The number of carboxylic acids is 1. The molecular weight excluding hydrogens is 354 g/mol. The van der Waals surface area contributed by atoms with Gasteiger partial charge in [0.25, 0.3) is 5.91 Å². The molecule has 1 aromatic carbocycles. The molecule has 1 fully saturated rings. The number of hydrogen-bond donors (Lipinski definition) is 3. The maximum absolute atomic E-state index is 13.0. The molecule has 0 saturated carbocycles. The Kier molecular flexibility index (Phi) is 5.22. The van der Waals surface area contributed by atoms with Crippen molar-refractivity contribution in [3.8, 4) is 0 Å². The minimum Gasteiger partial charge on any atom is -0.478 e. The number of ether oxygens (including phenoxy) is 1. The van der Waals surface area contributed by atoms with Crippen molar-refractivity contribution < 1.29 is 29.0 Å². The summed E-state index contributed by atoms with van der Waals surface area (Å²) < 4.78 is 4.77. The van der Waals surface area contributed by atoms with Crippen LogP contribution >= 0.6 is 0 Å². The van der Waals surface area contributed by atoms with Crippen molar-refractivity contribution in [1.29, 1.82) is 0 Å². The molecule has 0 spiro atoms. The molecule has 1 saturated heterocycles. The second kappa shape index (κ2) is 7.58. The Morgan fingerprint density at radius 3 is 2.89 bits per heavy atom. The Balaban J connectivity index is 1.84. The van der Waals surface area contributed by atoms with Gasteiger partial charge in [-0.2, -0.15) is 0 Å². The second-order valence-electron chi connectivity index (χ2n) is 6.37. The molecule has 0 bridgehead atoms. The Morgan fingerprint density at radius 2 is 2.19 bits per heavy atom. The first-order chi connectivity index (χ1) is 12.9. The lowest BCUT2D eigenvalue weighted by atomic mass is 10.1. The molecule has 1 aromatic rings. The topological polar surface area (TPSA) is 125 Å². The lowest BCUT2D eigenvalue weighted by Crippen LogP contribution is -2.41. The van der Waals surface area contributed by atoms with E-state index in [0.29, 0.717) is 17.7 Å². The van der Waals surface area contributed by atoms with E-state index in [1.54, 1.807) is 12.1 Å². The summed E-state index contributed by atoms with van der Waals surface area (Å²) in [4.78, 5) is 49.3. The van der Waals surface area contributed by atoms with Crippen LogP contribution in [0.4, 0.5) is 5.69 Å². The molecule has 0 aliphatic carbocycles. The summed E-state index contributed by atoms with van der Waals surface area (Å²) in [6.07, 6.45) is 2.66. The smallest absolute Gasteiger partial charge is 0.328 e. The van der Waals surface area contributed by atoms with Gasteiger partial charge in [-0.25, -0.2) is 4.79 Å². The lowest BCUT2D eigenvalue weighted by Gasteiger charge is -2.20. The first-order valence-electron chi connectivity index (χ1n) is 8.34. The summed E-state index contributed by atoms with van der Waals surface area (Å²) in [5, 5.41) is 14.2. The fourth-order valence-electron chi connectivity index (χ4n) is 3.30. The van der Waals surface area contributed by atoms with Gasteiger partial charge in [0.1, 0.15) is 12.6 Å². The van der Waals surface area contributed by atoms with E-state index in [2.05, 4.69) is 10.6 Å². The monoisotopic (exact) mass is 373 g/mol. The van der Waals surface area contributed by atoms with Gasteiger partial charge in [-0.3, -0.25) is 14.4 Å². The number of anilines is 1. The summed E-state index contributed by atoms with van der Waals surface area (Å²) >= 11 is 0. The molecule has 3 amide bonds. The first kappa shape index (κ1) is 18.6. The summed E-state index contributed by atoms with van der Waals surface area (Å²) in [6, 6.07) is 3.71. The van der Waals surface area contributed by atoms with Crippen molar-refractivity contribution >= 4 is 35.5 Å². The van der Waals surface area contributed by atoms with Crippen molar-refractivity contribution in [2.24, 2.45) is 0 Å². The molecular formula is C18H19N3O6. The predicted octanol–water partition coefficient (Wildman–Crippen LogP) is 0.0822. The van der Waals surface area contributed by atoms with Gasteiger partial charge in [-0.05, 0) is 30.2 Å². The zero-order valence-corrected chi connectivity index (χ0v) is 14.6. The summed E-state index contributed by atoms with van der Waals surface area (Å²) in [7, 11) is 1.41. The molecule has 9 nitrogen and oxygen atoms in total. The van der Waals surface area contributed by atoms with E-state index in [1.165, 1.54) is 24.2 Å². The lowest BCUT2D eigenvalue weighted by molar-refractivity contribution is -0.131. The van der Waals surface area contributed by atoms with Gasteiger partial charge >= 0.3 is 5.97 Å². The van der Waals surface area contributed by atoms with Crippen LogP contribution in [-0.2, 0) is 19.1 Å². The minimum atomic E-state index is -1.10. The fourth-order valence-corrected chi connectivity index (χ4v) is 3.30. The summed E-state index contributed by atoms with van der Waals surface area (Å²) in [5.74, 6) is -2.07. The minimum absolute atomic E-state index is 0.0938. The number of hydrogen-bond acceptors (Lipinski definition) is 5. The molecule has 27 heavy (non-hydrogen) atoms. The number of carbonyl (C=O) groups excluding carboxylic acids is 3. The standard InChI is InChI=1S/C18H19N3O6/c1-27-9-15(22)19-11-7-14-17(25)20-13-4-2-10(3-5-16(23)24)6-12(13)18(26)21(14)8-11/h2-6,11,14H,7-9H2,1H3,(H,19,22)(H,20,25)(H,23,24)/t11-,14-/m1/s1. The molecule has 0 radical (unpaired) electrons. The maximum Gasteiger partial charge on any atom is 0.328 e. The predicted molar refractivity (Wildman–Crippen MR) is 95.0 cm³/mol. The number of methoxy groups -OCH3 is 1. The Labute approximate surface area is 155 Å². The third kappa shape index (κ3) is 3.98. The third-order valence-corrected chi connectivity index (χ3v) is 4.46. The van der Waals surface area contributed by atoms with E-state index >= 15 is 0 Å². The number of fused-ring (bicyclic) bond motifs is 2. The van der Waals surface area contributed by atoms with Crippen LogP contribution in [-0.4, -0.2) is 66.0 Å². The highest BCUT2D eigenvalue weighted by atomic mass is 16.5. The van der Waals surface area contributed by atoms with Gasteiger partial charge in [-0.1, -0.05) is 6.07 Å². The Morgan fingerprint density at radius 1 is 1.41 bits per heavy atom. The van der Waals surface area contributed by atoms with E-state index in [1.807, 2.05) is 0 Å². The van der Waals surface area contributed by atoms with Crippen molar-refractivity contribution in [3.05, 3.63) is 35.4 Å². The van der Waals surface area contributed by atoms with Crippen molar-refractivity contribution in [2.45, 2.75) is 18.5 Å². The zero-order chi connectivity index (χ0) is 19.6. The van der Waals surface area contributed by atoms with Crippen molar-refractivity contribution in [2.75, 3.05) is 25.6 Å². The van der Waals surface area contributed by atoms with Crippen LogP contribution in [0, 0.1) is 0 Å². The average molecular weight is 373 g/mol. The van der Waals surface area contributed by atoms with Gasteiger partial charge in [0.15, 0.2) is 0 Å². The van der Waals surface area contributed by atoms with Crippen molar-refractivity contribution in [3.63, 3.8) is 0 Å². The maximum atomic E-state index is 13.0. The van der Waals surface area contributed by atoms with Crippen LogP contribution in [0.3, 0.4) is 0 Å².